The number of aliphatic hydroxyl groups excluding tert-OH is 1. The minimum absolute atomic E-state index is 0.0419. The molecule has 2 aliphatic carbocycles. The Kier molecular flexibility index (Phi) is 3.35. The highest BCUT2D eigenvalue weighted by Gasteiger charge is 2.60. The fourth-order valence-electron chi connectivity index (χ4n) is 5.73. The molecule has 2 nitrogen and oxygen atoms in total. The molecule has 21 heavy (non-hydrogen) atoms. The van der Waals surface area contributed by atoms with Crippen molar-refractivity contribution >= 4 is 0 Å². The predicted molar refractivity (Wildman–Crippen MR) is 84.9 cm³/mol. The van der Waals surface area contributed by atoms with Gasteiger partial charge < -0.3 is 5.11 Å². The van der Waals surface area contributed by atoms with Crippen LogP contribution >= 0.6 is 0 Å². The summed E-state index contributed by atoms with van der Waals surface area (Å²) >= 11 is 0. The minimum atomic E-state index is -0.0419. The molecule has 0 radical (unpaired) electrons. The Labute approximate surface area is 128 Å². The van der Waals surface area contributed by atoms with Crippen LogP contribution in [0.5, 0.6) is 0 Å². The van der Waals surface area contributed by atoms with E-state index in [0.29, 0.717) is 10.8 Å². The molecule has 0 aromatic heterocycles. The average molecular weight is 285 g/mol. The van der Waals surface area contributed by atoms with E-state index in [0.717, 1.165) is 19.4 Å². The van der Waals surface area contributed by atoms with E-state index in [1.807, 2.05) is 0 Å². The SMILES string of the molecule is OC1CC23CCCCC2(C1)CN(Cc1ccccc1)CC3. The Morgan fingerprint density at radius 1 is 1.00 bits per heavy atom. The highest BCUT2D eigenvalue weighted by molar-refractivity contribution is 5.16. The van der Waals surface area contributed by atoms with Crippen molar-refractivity contribution < 1.29 is 5.11 Å². The second-order valence-corrected chi connectivity index (χ2v) is 7.78. The van der Waals surface area contributed by atoms with Gasteiger partial charge in [0.2, 0.25) is 0 Å². The maximum absolute atomic E-state index is 10.3. The lowest BCUT2D eigenvalue weighted by atomic mass is 9.54. The summed E-state index contributed by atoms with van der Waals surface area (Å²) in [4.78, 5) is 2.65. The number of hydrogen-bond acceptors (Lipinski definition) is 2. The molecule has 3 atom stereocenters. The van der Waals surface area contributed by atoms with Crippen molar-refractivity contribution in [1.29, 1.82) is 0 Å². The first-order chi connectivity index (χ1) is 10.2. The van der Waals surface area contributed by atoms with Gasteiger partial charge >= 0.3 is 0 Å². The molecule has 1 aliphatic heterocycles. The number of rotatable bonds is 2. The molecule has 3 aliphatic rings. The molecule has 3 unspecified atom stereocenters. The molecule has 1 aromatic carbocycles. The highest BCUT2D eigenvalue weighted by atomic mass is 16.3. The summed E-state index contributed by atoms with van der Waals surface area (Å²) in [6.45, 7) is 3.50. The van der Waals surface area contributed by atoms with Crippen LogP contribution in [0.25, 0.3) is 0 Å². The van der Waals surface area contributed by atoms with Gasteiger partial charge in [-0.15, -0.1) is 0 Å². The van der Waals surface area contributed by atoms with E-state index in [1.165, 1.54) is 50.8 Å². The van der Waals surface area contributed by atoms with Crippen molar-refractivity contribution in [1.82, 2.24) is 4.90 Å². The first-order valence-electron chi connectivity index (χ1n) is 8.66. The molecule has 1 heterocycles. The van der Waals surface area contributed by atoms with Crippen molar-refractivity contribution in [2.24, 2.45) is 10.8 Å². The number of hydrogen-bond donors (Lipinski definition) is 1. The van der Waals surface area contributed by atoms with E-state index in [9.17, 15) is 5.11 Å². The maximum atomic E-state index is 10.3. The van der Waals surface area contributed by atoms with Crippen LogP contribution in [-0.4, -0.2) is 29.2 Å². The Bertz CT molecular complexity index is 502. The van der Waals surface area contributed by atoms with Gasteiger partial charge in [-0.05, 0) is 55.0 Å². The van der Waals surface area contributed by atoms with Gasteiger partial charge in [0.1, 0.15) is 0 Å². The summed E-state index contributed by atoms with van der Waals surface area (Å²) in [6.07, 6.45) is 8.85. The van der Waals surface area contributed by atoms with E-state index in [1.54, 1.807) is 0 Å². The number of aliphatic hydroxyl groups is 1. The summed E-state index contributed by atoms with van der Waals surface area (Å²) in [6, 6.07) is 10.9. The third-order valence-corrected chi connectivity index (χ3v) is 6.62. The van der Waals surface area contributed by atoms with E-state index in [2.05, 4.69) is 35.2 Å². The molecule has 114 valence electrons. The maximum Gasteiger partial charge on any atom is 0.0551 e. The molecule has 0 spiro atoms. The zero-order valence-electron chi connectivity index (χ0n) is 12.9. The van der Waals surface area contributed by atoms with Crippen molar-refractivity contribution in [3.8, 4) is 0 Å². The van der Waals surface area contributed by atoms with Crippen LogP contribution in [0, 0.1) is 10.8 Å². The fraction of sp³-hybridized carbons (Fsp3) is 0.684. The Balaban J connectivity index is 1.55. The average Bonchev–Trinajstić information content (AvgIpc) is 2.79. The molecule has 1 aromatic rings. The zero-order chi connectivity index (χ0) is 14.3. The molecular formula is C19H27NO. The molecular weight excluding hydrogens is 258 g/mol. The summed E-state index contributed by atoms with van der Waals surface area (Å²) < 4.78 is 0. The zero-order valence-corrected chi connectivity index (χ0v) is 12.9. The standard InChI is InChI=1S/C19H27NO/c21-17-12-18-8-4-5-9-19(18,13-17)15-20(11-10-18)14-16-6-2-1-3-7-16/h1-3,6-7,17,21H,4-5,8-15H2. The molecule has 2 saturated carbocycles. The molecule has 3 fully saturated rings. The largest absolute Gasteiger partial charge is 0.393 e. The van der Waals surface area contributed by atoms with E-state index in [4.69, 9.17) is 0 Å². The first-order valence-corrected chi connectivity index (χ1v) is 8.66. The van der Waals surface area contributed by atoms with Gasteiger partial charge in [-0.3, -0.25) is 4.90 Å². The van der Waals surface area contributed by atoms with E-state index < -0.39 is 0 Å². The summed E-state index contributed by atoms with van der Waals surface area (Å²) in [5, 5.41) is 10.3. The van der Waals surface area contributed by atoms with Gasteiger partial charge in [-0.1, -0.05) is 43.2 Å². The summed E-state index contributed by atoms with van der Waals surface area (Å²) in [5.74, 6) is 0. The second-order valence-electron chi connectivity index (χ2n) is 7.78. The molecule has 0 bridgehead atoms. The smallest absolute Gasteiger partial charge is 0.0551 e. The second kappa shape index (κ2) is 5.10. The van der Waals surface area contributed by atoms with E-state index in [-0.39, 0.29) is 6.10 Å². The molecule has 2 heteroatoms. The fourth-order valence-corrected chi connectivity index (χ4v) is 5.73. The topological polar surface area (TPSA) is 23.5 Å². The Hall–Kier alpha value is -0.860. The number of benzene rings is 1. The lowest BCUT2D eigenvalue weighted by Crippen LogP contribution is -2.54. The van der Waals surface area contributed by atoms with Crippen LogP contribution in [0.2, 0.25) is 0 Å². The molecule has 4 rings (SSSR count). The Morgan fingerprint density at radius 3 is 2.52 bits per heavy atom. The van der Waals surface area contributed by atoms with Gasteiger partial charge in [0.15, 0.2) is 0 Å². The first kappa shape index (κ1) is 13.8. The van der Waals surface area contributed by atoms with Gasteiger partial charge in [0, 0.05) is 13.1 Å². The van der Waals surface area contributed by atoms with Crippen LogP contribution in [0.3, 0.4) is 0 Å². The van der Waals surface area contributed by atoms with Crippen molar-refractivity contribution in [2.75, 3.05) is 13.1 Å². The van der Waals surface area contributed by atoms with Crippen LogP contribution in [-0.2, 0) is 6.54 Å². The summed E-state index contributed by atoms with van der Waals surface area (Å²) in [7, 11) is 0. The third-order valence-electron chi connectivity index (χ3n) is 6.62. The lowest BCUT2D eigenvalue weighted by Gasteiger charge is -2.56. The predicted octanol–water partition coefficient (Wildman–Crippen LogP) is 3.59. The van der Waals surface area contributed by atoms with Crippen molar-refractivity contribution in [2.45, 2.75) is 57.6 Å². The van der Waals surface area contributed by atoms with Gasteiger partial charge in [-0.25, -0.2) is 0 Å². The highest BCUT2D eigenvalue weighted by Crippen LogP contribution is 2.64. The van der Waals surface area contributed by atoms with Crippen LogP contribution < -0.4 is 0 Å². The molecule has 0 amide bonds. The quantitative estimate of drug-likeness (QED) is 0.897. The third kappa shape index (κ3) is 2.24. The van der Waals surface area contributed by atoms with Crippen molar-refractivity contribution in [3.63, 3.8) is 0 Å². The molecule has 1 N–H and O–H groups in total. The normalized spacial score (nSPS) is 39.8. The lowest BCUT2D eigenvalue weighted by molar-refractivity contribution is -0.0658. The number of piperidine rings is 1. The number of likely N-dealkylation sites (tertiary alicyclic amines) is 1. The Morgan fingerprint density at radius 2 is 1.71 bits per heavy atom. The van der Waals surface area contributed by atoms with E-state index >= 15 is 0 Å². The minimum Gasteiger partial charge on any atom is -0.393 e. The van der Waals surface area contributed by atoms with Crippen LogP contribution in [0.15, 0.2) is 30.3 Å². The van der Waals surface area contributed by atoms with Gasteiger partial charge in [0.25, 0.3) is 0 Å². The van der Waals surface area contributed by atoms with Gasteiger partial charge in [0.05, 0.1) is 6.10 Å². The molecule has 1 saturated heterocycles. The number of nitrogens with zero attached hydrogens (tertiary/aromatic N) is 1. The van der Waals surface area contributed by atoms with Crippen LogP contribution in [0.4, 0.5) is 0 Å². The monoisotopic (exact) mass is 285 g/mol. The summed E-state index contributed by atoms with van der Waals surface area (Å²) in [5.41, 5.74) is 2.31. The van der Waals surface area contributed by atoms with Crippen LogP contribution in [0.1, 0.15) is 50.5 Å². The van der Waals surface area contributed by atoms with Crippen molar-refractivity contribution in [3.05, 3.63) is 35.9 Å². The van der Waals surface area contributed by atoms with Gasteiger partial charge in [-0.2, -0.15) is 0 Å².